The molecule has 0 spiro atoms. The fourth-order valence-corrected chi connectivity index (χ4v) is 2.41. The van der Waals surface area contributed by atoms with Crippen LogP contribution in [-0.2, 0) is 0 Å². The average molecular weight is 220 g/mol. The Labute approximate surface area is 96.9 Å². The van der Waals surface area contributed by atoms with E-state index in [1.54, 1.807) is 6.07 Å². The Bertz CT molecular complexity index is 332. The molecule has 88 valence electrons. The monoisotopic (exact) mass is 220 g/mol. The van der Waals surface area contributed by atoms with Crippen LogP contribution in [0.1, 0.15) is 19.3 Å². The van der Waals surface area contributed by atoms with Gasteiger partial charge in [-0.1, -0.05) is 6.07 Å². The topological polar surface area (TPSA) is 49.5 Å². The van der Waals surface area contributed by atoms with Crippen LogP contribution < -0.4 is 10.6 Å². The molecule has 1 fully saturated rings. The minimum absolute atomic E-state index is 0.349. The quantitative estimate of drug-likeness (QED) is 0.818. The second-order valence-corrected chi connectivity index (χ2v) is 4.53. The second-order valence-electron chi connectivity index (χ2n) is 4.53. The summed E-state index contributed by atoms with van der Waals surface area (Å²) in [5.74, 6) is 1.14. The van der Waals surface area contributed by atoms with Crippen molar-refractivity contribution in [2.45, 2.75) is 19.3 Å². The van der Waals surface area contributed by atoms with Gasteiger partial charge in [0.1, 0.15) is 5.75 Å². The van der Waals surface area contributed by atoms with Gasteiger partial charge in [0.15, 0.2) is 0 Å². The SMILES string of the molecule is NCCC1CCN(c2cccc(O)c2)CC1. The molecule has 3 heteroatoms. The highest BCUT2D eigenvalue weighted by Crippen LogP contribution is 2.26. The molecule has 2 rings (SSSR count). The number of anilines is 1. The van der Waals surface area contributed by atoms with E-state index in [2.05, 4.69) is 11.0 Å². The van der Waals surface area contributed by atoms with E-state index >= 15 is 0 Å². The molecule has 0 aromatic heterocycles. The molecule has 3 N–H and O–H groups in total. The van der Waals surface area contributed by atoms with Crippen LogP contribution in [0.5, 0.6) is 5.75 Å². The van der Waals surface area contributed by atoms with E-state index in [0.717, 1.165) is 37.7 Å². The highest BCUT2D eigenvalue weighted by molar-refractivity contribution is 5.50. The third kappa shape index (κ3) is 2.67. The number of hydrogen-bond donors (Lipinski definition) is 2. The number of benzene rings is 1. The normalized spacial score (nSPS) is 17.7. The van der Waals surface area contributed by atoms with E-state index in [4.69, 9.17) is 5.73 Å². The molecule has 3 nitrogen and oxygen atoms in total. The highest BCUT2D eigenvalue weighted by Gasteiger charge is 2.18. The molecule has 1 heterocycles. The van der Waals surface area contributed by atoms with Gasteiger partial charge in [0.05, 0.1) is 0 Å². The number of phenolic OH excluding ortho intramolecular Hbond substituents is 1. The van der Waals surface area contributed by atoms with Crippen LogP contribution in [0.4, 0.5) is 5.69 Å². The van der Waals surface area contributed by atoms with Gasteiger partial charge < -0.3 is 15.7 Å². The summed E-state index contributed by atoms with van der Waals surface area (Å²) in [4.78, 5) is 2.34. The molecule has 0 unspecified atom stereocenters. The lowest BCUT2D eigenvalue weighted by atomic mass is 9.93. The number of rotatable bonds is 3. The predicted molar refractivity (Wildman–Crippen MR) is 66.7 cm³/mol. The van der Waals surface area contributed by atoms with Crippen molar-refractivity contribution in [3.8, 4) is 5.75 Å². The van der Waals surface area contributed by atoms with Crippen LogP contribution in [0.15, 0.2) is 24.3 Å². The zero-order valence-electron chi connectivity index (χ0n) is 9.60. The summed E-state index contributed by atoms with van der Waals surface area (Å²) in [6.45, 7) is 2.96. The zero-order valence-corrected chi connectivity index (χ0v) is 9.60. The average Bonchev–Trinajstić information content (AvgIpc) is 2.30. The molecule has 16 heavy (non-hydrogen) atoms. The van der Waals surface area contributed by atoms with E-state index in [0.29, 0.717) is 5.75 Å². The van der Waals surface area contributed by atoms with Crippen molar-refractivity contribution in [3.05, 3.63) is 24.3 Å². The molecule has 0 amide bonds. The van der Waals surface area contributed by atoms with Crippen molar-refractivity contribution >= 4 is 5.69 Å². The minimum Gasteiger partial charge on any atom is -0.508 e. The fourth-order valence-electron chi connectivity index (χ4n) is 2.41. The first kappa shape index (κ1) is 11.3. The van der Waals surface area contributed by atoms with Gasteiger partial charge in [-0.3, -0.25) is 0 Å². The number of nitrogens with zero attached hydrogens (tertiary/aromatic N) is 1. The van der Waals surface area contributed by atoms with Gasteiger partial charge in [0.2, 0.25) is 0 Å². The number of piperidine rings is 1. The zero-order chi connectivity index (χ0) is 11.4. The van der Waals surface area contributed by atoms with Crippen LogP contribution in [0.25, 0.3) is 0 Å². The van der Waals surface area contributed by atoms with Crippen LogP contribution >= 0.6 is 0 Å². The predicted octanol–water partition coefficient (Wildman–Crippen LogP) is 1.96. The molecule has 0 bridgehead atoms. The Hall–Kier alpha value is -1.22. The first-order valence-corrected chi connectivity index (χ1v) is 6.03. The number of nitrogens with two attached hydrogens (primary N) is 1. The van der Waals surface area contributed by atoms with Crippen molar-refractivity contribution in [1.82, 2.24) is 0 Å². The van der Waals surface area contributed by atoms with Gasteiger partial charge in [-0.05, 0) is 43.9 Å². The van der Waals surface area contributed by atoms with Crippen molar-refractivity contribution in [3.63, 3.8) is 0 Å². The van der Waals surface area contributed by atoms with Crippen molar-refractivity contribution in [2.75, 3.05) is 24.5 Å². The van der Waals surface area contributed by atoms with E-state index in [9.17, 15) is 5.11 Å². The number of phenols is 1. The van der Waals surface area contributed by atoms with Gasteiger partial charge in [-0.15, -0.1) is 0 Å². The number of aromatic hydroxyl groups is 1. The third-order valence-corrected chi connectivity index (χ3v) is 3.38. The summed E-state index contributed by atoms with van der Waals surface area (Å²) in [7, 11) is 0. The lowest BCUT2D eigenvalue weighted by Gasteiger charge is -2.33. The molecule has 0 aliphatic carbocycles. The van der Waals surface area contributed by atoms with E-state index in [1.807, 2.05) is 12.1 Å². The van der Waals surface area contributed by atoms with E-state index < -0.39 is 0 Å². The Morgan fingerprint density at radius 3 is 2.69 bits per heavy atom. The summed E-state index contributed by atoms with van der Waals surface area (Å²) in [6.07, 6.45) is 3.58. The Morgan fingerprint density at radius 1 is 1.31 bits per heavy atom. The first-order valence-electron chi connectivity index (χ1n) is 6.03. The summed E-state index contributed by atoms with van der Waals surface area (Å²) >= 11 is 0. The summed E-state index contributed by atoms with van der Waals surface area (Å²) in [6, 6.07) is 7.51. The van der Waals surface area contributed by atoms with Crippen LogP contribution in [0, 0.1) is 5.92 Å². The fraction of sp³-hybridized carbons (Fsp3) is 0.538. The van der Waals surface area contributed by atoms with Gasteiger partial charge in [0.25, 0.3) is 0 Å². The lowest BCUT2D eigenvalue weighted by molar-refractivity contribution is 0.386. The molecule has 0 atom stereocenters. The Morgan fingerprint density at radius 2 is 2.06 bits per heavy atom. The summed E-state index contributed by atoms with van der Waals surface area (Å²) in [5, 5.41) is 9.44. The summed E-state index contributed by atoms with van der Waals surface area (Å²) in [5.41, 5.74) is 6.71. The molecule has 1 saturated heterocycles. The van der Waals surface area contributed by atoms with Crippen molar-refractivity contribution in [2.24, 2.45) is 11.7 Å². The summed E-state index contributed by atoms with van der Waals surface area (Å²) < 4.78 is 0. The highest BCUT2D eigenvalue weighted by atomic mass is 16.3. The van der Waals surface area contributed by atoms with Gasteiger partial charge in [-0.2, -0.15) is 0 Å². The minimum atomic E-state index is 0.349. The molecule has 1 aromatic carbocycles. The van der Waals surface area contributed by atoms with E-state index in [-0.39, 0.29) is 0 Å². The second kappa shape index (κ2) is 5.21. The molecule has 0 radical (unpaired) electrons. The maximum Gasteiger partial charge on any atom is 0.117 e. The van der Waals surface area contributed by atoms with Crippen LogP contribution in [0.3, 0.4) is 0 Å². The van der Waals surface area contributed by atoms with Crippen LogP contribution in [0.2, 0.25) is 0 Å². The van der Waals surface area contributed by atoms with Gasteiger partial charge >= 0.3 is 0 Å². The molecule has 1 aromatic rings. The third-order valence-electron chi connectivity index (χ3n) is 3.38. The van der Waals surface area contributed by atoms with Gasteiger partial charge in [0, 0.05) is 24.8 Å². The molecular formula is C13H20N2O. The standard InChI is InChI=1S/C13H20N2O/c14-7-4-11-5-8-15(9-6-11)12-2-1-3-13(16)10-12/h1-3,10-11,16H,4-9,14H2. The maximum atomic E-state index is 9.44. The van der Waals surface area contributed by atoms with Crippen molar-refractivity contribution in [1.29, 1.82) is 0 Å². The Kier molecular flexibility index (Phi) is 3.67. The lowest BCUT2D eigenvalue weighted by Crippen LogP contribution is -2.34. The smallest absolute Gasteiger partial charge is 0.117 e. The first-order chi connectivity index (χ1) is 7.79. The molecule has 0 saturated carbocycles. The maximum absolute atomic E-state index is 9.44. The number of hydrogen-bond acceptors (Lipinski definition) is 3. The van der Waals surface area contributed by atoms with Crippen LogP contribution in [-0.4, -0.2) is 24.7 Å². The molecular weight excluding hydrogens is 200 g/mol. The molecule has 1 aliphatic heterocycles. The molecule has 1 aliphatic rings. The largest absolute Gasteiger partial charge is 0.508 e. The Balaban J connectivity index is 1.94. The van der Waals surface area contributed by atoms with E-state index in [1.165, 1.54) is 12.8 Å². The van der Waals surface area contributed by atoms with Crippen molar-refractivity contribution < 1.29 is 5.11 Å². The van der Waals surface area contributed by atoms with Gasteiger partial charge in [-0.25, -0.2) is 0 Å².